The highest BCUT2D eigenvalue weighted by Gasteiger charge is 2.19. The summed E-state index contributed by atoms with van der Waals surface area (Å²) in [6, 6.07) is 14.7. The van der Waals surface area contributed by atoms with Crippen LogP contribution < -0.4 is 0 Å². The molecule has 2 rings (SSSR count). The molecule has 0 aliphatic rings. The lowest BCUT2D eigenvalue weighted by molar-refractivity contribution is 0.0694. The molecule has 2 aromatic carbocycles. The van der Waals surface area contributed by atoms with E-state index >= 15 is 0 Å². The molecular weight excluding hydrogens is 219 g/mol. The van der Waals surface area contributed by atoms with Gasteiger partial charge < -0.3 is 5.11 Å². The van der Waals surface area contributed by atoms with E-state index in [0.717, 1.165) is 0 Å². The molecule has 1 atom stereocenters. The van der Waals surface area contributed by atoms with Gasteiger partial charge in [0, 0.05) is 5.56 Å². The van der Waals surface area contributed by atoms with Crippen LogP contribution in [0.15, 0.2) is 54.6 Å². The lowest BCUT2D eigenvalue weighted by Crippen LogP contribution is -2.05. The maximum absolute atomic E-state index is 14.2. The Kier molecular flexibility index (Phi) is 3.19. The lowest BCUT2D eigenvalue weighted by atomic mass is 9.98. The van der Waals surface area contributed by atoms with Crippen LogP contribution in [0, 0.1) is 0 Å². The molecule has 0 radical (unpaired) electrons. The molecular formula is C14H11FO2. The standard InChI is InChI=1S/C14H11FO2/c15-13(10-6-2-1-3-7-10)11-8-4-5-9-12(11)14(16)17/h1-9,13H,(H,16,17). The maximum atomic E-state index is 14.2. The first-order valence-electron chi connectivity index (χ1n) is 5.21. The molecule has 0 bridgehead atoms. The summed E-state index contributed by atoms with van der Waals surface area (Å²) in [6.45, 7) is 0. The molecule has 0 spiro atoms. The Morgan fingerprint density at radius 3 is 2.24 bits per heavy atom. The van der Waals surface area contributed by atoms with Crippen LogP contribution in [0.5, 0.6) is 0 Å². The molecule has 1 unspecified atom stereocenters. The Balaban J connectivity index is 2.44. The van der Waals surface area contributed by atoms with Gasteiger partial charge in [0.25, 0.3) is 0 Å². The van der Waals surface area contributed by atoms with Gasteiger partial charge in [-0.05, 0) is 11.6 Å². The smallest absolute Gasteiger partial charge is 0.336 e. The van der Waals surface area contributed by atoms with Gasteiger partial charge in [0.2, 0.25) is 0 Å². The van der Waals surface area contributed by atoms with Crippen LogP contribution in [0.4, 0.5) is 4.39 Å². The number of carboxylic acids is 1. The van der Waals surface area contributed by atoms with E-state index in [4.69, 9.17) is 5.11 Å². The quantitative estimate of drug-likeness (QED) is 0.876. The van der Waals surface area contributed by atoms with Crippen LogP contribution in [0.2, 0.25) is 0 Å². The third kappa shape index (κ3) is 2.33. The Labute approximate surface area is 98.3 Å². The zero-order valence-corrected chi connectivity index (χ0v) is 9.01. The van der Waals surface area contributed by atoms with Crippen molar-refractivity contribution in [3.63, 3.8) is 0 Å². The van der Waals surface area contributed by atoms with Gasteiger partial charge in [-0.15, -0.1) is 0 Å². The van der Waals surface area contributed by atoms with Gasteiger partial charge >= 0.3 is 5.97 Å². The predicted octanol–water partition coefficient (Wildman–Crippen LogP) is 3.44. The number of carboxylic acid groups (broad SMARTS) is 1. The van der Waals surface area contributed by atoms with E-state index in [1.54, 1.807) is 42.5 Å². The summed E-state index contributed by atoms with van der Waals surface area (Å²) in [4.78, 5) is 11.0. The van der Waals surface area contributed by atoms with Crippen molar-refractivity contribution in [3.8, 4) is 0 Å². The minimum absolute atomic E-state index is 0.00357. The summed E-state index contributed by atoms with van der Waals surface area (Å²) in [5, 5.41) is 8.99. The number of aromatic carboxylic acids is 1. The molecule has 0 saturated carbocycles. The summed E-state index contributed by atoms with van der Waals surface area (Å²) >= 11 is 0. The van der Waals surface area contributed by atoms with Crippen molar-refractivity contribution in [2.45, 2.75) is 6.17 Å². The molecule has 0 heterocycles. The molecule has 2 nitrogen and oxygen atoms in total. The van der Waals surface area contributed by atoms with Gasteiger partial charge in [0.15, 0.2) is 6.17 Å². The molecule has 0 fully saturated rings. The number of hydrogen-bond donors (Lipinski definition) is 1. The molecule has 0 saturated heterocycles. The van der Waals surface area contributed by atoms with Crippen molar-refractivity contribution in [3.05, 3.63) is 71.3 Å². The minimum Gasteiger partial charge on any atom is -0.478 e. The maximum Gasteiger partial charge on any atom is 0.336 e. The second-order valence-corrected chi connectivity index (χ2v) is 3.67. The van der Waals surface area contributed by atoms with Crippen LogP contribution >= 0.6 is 0 Å². The minimum atomic E-state index is -1.41. The Morgan fingerprint density at radius 2 is 1.59 bits per heavy atom. The Morgan fingerprint density at radius 1 is 1.00 bits per heavy atom. The number of carbonyl (C=O) groups is 1. The zero-order valence-electron chi connectivity index (χ0n) is 9.01. The summed E-state index contributed by atoms with van der Waals surface area (Å²) < 4.78 is 14.2. The van der Waals surface area contributed by atoms with E-state index in [-0.39, 0.29) is 11.1 Å². The highest BCUT2D eigenvalue weighted by atomic mass is 19.1. The van der Waals surface area contributed by atoms with E-state index < -0.39 is 12.1 Å². The van der Waals surface area contributed by atoms with Gasteiger partial charge in [-0.1, -0.05) is 48.5 Å². The van der Waals surface area contributed by atoms with Gasteiger partial charge in [-0.2, -0.15) is 0 Å². The largest absolute Gasteiger partial charge is 0.478 e. The molecule has 0 aliphatic heterocycles. The van der Waals surface area contributed by atoms with E-state index in [9.17, 15) is 9.18 Å². The number of benzene rings is 2. The van der Waals surface area contributed by atoms with Gasteiger partial charge in [0.05, 0.1) is 5.56 Å². The third-order valence-electron chi connectivity index (χ3n) is 2.56. The molecule has 2 aromatic rings. The van der Waals surface area contributed by atoms with Gasteiger partial charge in [0.1, 0.15) is 0 Å². The number of hydrogen-bond acceptors (Lipinski definition) is 1. The zero-order chi connectivity index (χ0) is 12.3. The summed E-state index contributed by atoms with van der Waals surface area (Å²) in [5.41, 5.74) is 0.649. The normalized spacial score (nSPS) is 12.1. The van der Waals surface area contributed by atoms with Crippen molar-refractivity contribution < 1.29 is 14.3 Å². The Bertz CT molecular complexity index is 523. The molecule has 1 N–H and O–H groups in total. The van der Waals surface area contributed by atoms with Crippen molar-refractivity contribution in [1.82, 2.24) is 0 Å². The third-order valence-corrected chi connectivity index (χ3v) is 2.56. The molecule has 86 valence electrons. The van der Waals surface area contributed by atoms with Crippen molar-refractivity contribution in [1.29, 1.82) is 0 Å². The highest BCUT2D eigenvalue weighted by Crippen LogP contribution is 2.28. The van der Waals surface area contributed by atoms with Crippen molar-refractivity contribution >= 4 is 5.97 Å². The highest BCUT2D eigenvalue weighted by molar-refractivity contribution is 5.89. The van der Waals surface area contributed by atoms with E-state index in [0.29, 0.717) is 5.56 Å². The van der Waals surface area contributed by atoms with Crippen LogP contribution in [0.25, 0.3) is 0 Å². The number of rotatable bonds is 3. The van der Waals surface area contributed by atoms with Crippen LogP contribution in [-0.2, 0) is 0 Å². The van der Waals surface area contributed by atoms with Crippen molar-refractivity contribution in [2.24, 2.45) is 0 Å². The van der Waals surface area contributed by atoms with E-state index in [2.05, 4.69) is 0 Å². The Hall–Kier alpha value is -2.16. The van der Waals surface area contributed by atoms with Crippen LogP contribution in [0.3, 0.4) is 0 Å². The molecule has 3 heteroatoms. The van der Waals surface area contributed by atoms with Gasteiger partial charge in [-0.25, -0.2) is 9.18 Å². The fourth-order valence-corrected chi connectivity index (χ4v) is 1.71. The molecule has 0 amide bonds. The fraction of sp³-hybridized carbons (Fsp3) is 0.0714. The molecule has 0 aliphatic carbocycles. The molecule has 0 aromatic heterocycles. The average molecular weight is 230 g/mol. The van der Waals surface area contributed by atoms with Crippen LogP contribution in [0.1, 0.15) is 27.7 Å². The predicted molar refractivity (Wildman–Crippen MR) is 62.8 cm³/mol. The first kappa shape index (κ1) is 11.3. The lowest BCUT2D eigenvalue weighted by Gasteiger charge is -2.11. The van der Waals surface area contributed by atoms with Crippen LogP contribution in [-0.4, -0.2) is 11.1 Å². The first-order chi connectivity index (χ1) is 8.20. The monoisotopic (exact) mass is 230 g/mol. The van der Waals surface area contributed by atoms with E-state index in [1.807, 2.05) is 0 Å². The fourth-order valence-electron chi connectivity index (χ4n) is 1.71. The number of alkyl halides is 1. The summed E-state index contributed by atoms with van der Waals surface area (Å²) in [5.74, 6) is -1.11. The second-order valence-electron chi connectivity index (χ2n) is 3.67. The topological polar surface area (TPSA) is 37.3 Å². The van der Waals surface area contributed by atoms with Gasteiger partial charge in [-0.3, -0.25) is 0 Å². The van der Waals surface area contributed by atoms with E-state index in [1.165, 1.54) is 12.1 Å². The second kappa shape index (κ2) is 4.78. The van der Waals surface area contributed by atoms with Crippen molar-refractivity contribution in [2.75, 3.05) is 0 Å². The molecule has 17 heavy (non-hydrogen) atoms. The first-order valence-corrected chi connectivity index (χ1v) is 5.21. The summed E-state index contributed by atoms with van der Waals surface area (Å²) in [6.07, 6.45) is -1.41. The average Bonchev–Trinajstić information content (AvgIpc) is 2.39. The number of halogens is 1. The summed E-state index contributed by atoms with van der Waals surface area (Å²) in [7, 11) is 0. The SMILES string of the molecule is O=C(O)c1ccccc1C(F)c1ccccc1.